The highest BCUT2D eigenvalue weighted by Gasteiger charge is 2.33. The number of rotatable bonds is 6. The Balaban J connectivity index is 1.59. The van der Waals surface area contributed by atoms with Crippen LogP contribution in [0.5, 0.6) is 5.88 Å². The zero-order valence-corrected chi connectivity index (χ0v) is 15.9. The molecule has 1 saturated carbocycles. The maximum atomic E-state index is 13.4. The number of aromatic nitrogens is 3. The maximum Gasteiger partial charge on any atom is 0.255 e. The van der Waals surface area contributed by atoms with Crippen LogP contribution in [0.1, 0.15) is 30.0 Å². The number of carbonyl (C=O) groups is 1. The Bertz CT molecular complexity index is 803. The zero-order valence-electron chi connectivity index (χ0n) is 15.1. The van der Waals surface area contributed by atoms with Crippen molar-refractivity contribution in [3.8, 4) is 5.88 Å². The number of nitrogens with one attached hydrogen (secondary N) is 2. The van der Waals surface area contributed by atoms with Crippen molar-refractivity contribution in [2.45, 2.75) is 44.9 Å². The SMILES string of the molecule is COc1nc(N[C@@H]2C[C@@H](C(=O)NCc3csc(C)n3)CC[C@H]2O)ncc1F. The molecule has 3 N–H and O–H groups in total. The van der Waals surface area contributed by atoms with Gasteiger partial charge in [0.25, 0.3) is 5.88 Å². The van der Waals surface area contributed by atoms with E-state index in [1.165, 1.54) is 7.11 Å². The molecule has 1 fully saturated rings. The molecule has 0 aliphatic heterocycles. The van der Waals surface area contributed by atoms with Crippen LogP contribution in [0.15, 0.2) is 11.6 Å². The molecule has 2 aromatic rings. The van der Waals surface area contributed by atoms with Crippen molar-refractivity contribution in [1.82, 2.24) is 20.3 Å². The van der Waals surface area contributed by atoms with Crippen molar-refractivity contribution < 1.29 is 19.0 Å². The molecule has 0 radical (unpaired) electrons. The average Bonchev–Trinajstić information content (AvgIpc) is 3.08. The van der Waals surface area contributed by atoms with Gasteiger partial charge in [0.1, 0.15) is 0 Å². The monoisotopic (exact) mass is 395 g/mol. The van der Waals surface area contributed by atoms with E-state index in [4.69, 9.17) is 4.74 Å². The third-order valence-corrected chi connectivity index (χ3v) is 5.34. The van der Waals surface area contributed by atoms with Gasteiger partial charge in [-0.15, -0.1) is 11.3 Å². The normalized spacial score (nSPS) is 22.3. The molecule has 2 heterocycles. The number of anilines is 1. The largest absolute Gasteiger partial charge is 0.479 e. The first kappa shape index (κ1) is 19.4. The summed E-state index contributed by atoms with van der Waals surface area (Å²) in [6.45, 7) is 2.31. The van der Waals surface area contributed by atoms with Crippen LogP contribution in [-0.4, -0.2) is 45.2 Å². The van der Waals surface area contributed by atoms with Crippen LogP contribution in [0.4, 0.5) is 10.3 Å². The fourth-order valence-corrected chi connectivity index (χ4v) is 3.70. The van der Waals surface area contributed by atoms with E-state index in [0.29, 0.717) is 25.8 Å². The molecule has 0 bridgehead atoms. The number of aliphatic hydroxyl groups excluding tert-OH is 1. The summed E-state index contributed by atoms with van der Waals surface area (Å²) in [6, 6.07) is -0.411. The predicted octanol–water partition coefficient (Wildman–Crippen LogP) is 1.65. The van der Waals surface area contributed by atoms with Gasteiger partial charge in [-0.1, -0.05) is 0 Å². The fraction of sp³-hybridized carbons (Fsp3) is 0.529. The summed E-state index contributed by atoms with van der Waals surface area (Å²) in [4.78, 5) is 24.6. The standard InChI is InChI=1S/C17H22FN5O3S/c1-9-21-11(8-27-9)6-19-15(25)10-3-4-14(24)13(5-10)22-17-20-7-12(18)16(23-17)26-2/h7-8,10,13-14,24H,3-6H2,1-2H3,(H,19,25)(H,20,22,23)/t10-,13+,14+/m0/s1. The van der Waals surface area contributed by atoms with Gasteiger partial charge in [-0.3, -0.25) is 4.79 Å². The van der Waals surface area contributed by atoms with Gasteiger partial charge in [0, 0.05) is 11.3 Å². The minimum absolute atomic E-state index is 0.0723. The first-order chi connectivity index (χ1) is 13.0. The number of methoxy groups -OCH3 is 1. The Morgan fingerprint density at radius 1 is 1.44 bits per heavy atom. The van der Waals surface area contributed by atoms with Gasteiger partial charge in [-0.2, -0.15) is 9.37 Å². The number of aliphatic hydroxyl groups is 1. The van der Waals surface area contributed by atoms with Crippen LogP contribution in [0.25, 0.3) is 0 Å². The Morgan fingerprint density at radius 3 is 2.96 bits per heavy atom. The molecular formula is C17H22FN5O3S. The number of amides is 1. The molecule has 0 aromatic carbocycles. The lowest BCUT2D eigenvalue weighted by molar-refractivity contribution is -0.126. The Labute approximate surface area is 160 Å². The molecule has 146 valence electrons. The second-order valence-electron chi connectivity index (χ2n) is 6.45. The number of thiazole rings is 1. The molecule has 8 nitrogen and oxygen atoms in total. The topological polar surface area (TPSA) is 109 Å². The van der Waals surface area contributed by atoms with Gasteiger partial charge >= 0.3 is 0 Å². The smallest absolute Gasteiger partial charge is 0.255 e. The molecule has 2 aromatic heterocycles. The van der Waals surface area contributed by atoms with Crippen molar-refractivity contribution in [3.63, 3.8) is 0 Å². The van der Waals surface area contributed by atoms with E-state index < -0.39 is 18.0 Å². The van der Waals surface area contributed by atoms with Crippen LogP contribution in [0.3, 0.4) is 0 Å². The molecule has 1 amide bonds. The molecule has 0 saturated heterocycles. The van der Waals surface area contributed by atoms with Crippen molar-refractivity contribution in [2.24, 2.45) is 5.92 Å². The minimum Gasteiger partial charge on any atom is -0.479 e. The van der Waals surface area contributed by atoms with E-state index >= 15 is 0 Å². The van der Waals surface area contributed by atoms with E-state index in [0.717, 1.165) is 16.9 Å². The van der Waals surface area contributed by atoms with Crippen molar-refractivity contribution in [2.75, 3.05) is 12.4 Å². The number of nitrogens with zero attached hydrogens (tertiary/aromatic N) is 3. The number of hydrogen-bond donors (Lipinski definition) is 3. The van der Waals surface area contributed by atoms with Crippen LogP contribution in [-0.2, 0) is 11.3 Å². The van der Waals surface area contributed by atoms with Gasteiger partial charge in [0.15, 0.2) is 0 Å². The number of hydrogen-bond acceptors (Lipinski definition) is 8. The number of aryl methyl sites for hydroxylation is 1. The summed E-state index contributed by atoms with van der Waals surface area (Å²) >= 11 is 1.54. The van der Waals surface area contributed by atoms with E-state index in [2.05, 4.69) is 25.6 Å². The molecule has 1 aliphatic carbocycles. The Hall–Kier alpha value is -2.33. The average molecular weight is 395 g/mol. The Kier molecular flexibility index (Phi) is 6.17. The Morgan fingerprint density at radius 2 is 2.26 bits per heavy atom. The molecule has 0 unspecified atom stereocenters. The highest BCUT2D eigenvalue weighted by atomic mass is 32.1. The van der Waals surface area contributed by atoms with Crippen LogP contribution < -0.4 is 15.4 Å². The summed E-state index contributed by atoms with van der Waals surface area (Å²) in [5.41, 5.74) is 0.836. The first-order valence-corrected chi connectivity index (χ1v) is 9.54. The lowest BCUT2D eigenvalue weighted by atomic mass is 9.83. The molecular weight excluding hydrogens is 373 g/mol. The van der Waals surface area contributed by atoms with Crippen LogP contribution in [0, 0.1) is 18.7 Å². The minimum atomic E-state index is -0.665. The van der Waals surface area contributed by atoms with Gasteiger partial charge in [-0.05, 0) is 26.2 Å². The maximum absolute atomic E-state index is 13.4. The number of ether oxygens (including phenoxy) is 1. The fourth-order valence-electron chi connectivity index (χ4n) is 3.09. The summed E-state index contributed by atoms with van der Waals surface area (Å²) in [6.07, 6.45) is 1.85. The number of halogens is 1. The third-order valence-electron chi connectivity index (χ3n) is 4.51. The number of carbonyl (C=O) groups excluding carboxylic acids is 1. The van der Waals surface area contributed by atoms with Gasteiger partial charge < -0.3 is 20.5 Å². The molecule has 3 rings (SSSR count). The highest BCUT2D eigenvalue weighted by Crippen LogP contribution is 2.27. The van der Waals surface area contributed by atoms with Gasteiger partial charge in [0.05, 0.1) is 42.7 Å². The van der Waals surface area contributed by atoms with Gasteiger partial charge in [-0.25, -0.2) is 9.97 Å². The van der Waals surface area contributed by atoms with E-state index in [9.17, 15) is 14.3 Å². The molecule has 1 aliphatic rings. The second kappa shape index (κ2) is 8.57. The quantitative estimate of drug-likeness (QED) is 0.682. The predicted molar refractivity (Wildman–Crippen MR) is 98.0 cm³/mol. The van der Waals surface area contributed by atoms with Crippen LogP contribution in [0.2, 0.25) is 0 Å². The van der Waals surface area contributed by atoms with E-state index in [-0.39, 0.29) is 23.7 Å². The summed E-state index contributed by atoms with van der Waals surface area (Å²) < 4.78 is 18.3. The first-order valence-electron chi connectivity index (χ1n) is 8.66. The van der Waals surface area contributed by atoms with Crippen molar-refractivity contribution in [3.05, 3.63) is 28.1 Å². The lowest BCUT2D eigenvalue weighted by Gasteiger charge is -2.33. The van der Waals surface area contributed by atoms with Crippen molar-refractivity contribution in [1.29, 1.82) is 0 Å². The van der Waals surface area contributed by atoms with Crippen molar-refractivity contribution >= 4 is 23.2 Å². The summed E-state index contributed by atoms with van der Waals surface area (Å²) in [5.74, 6) is -1.01. The highest BCUT2D eigenvalue weighted by molar-refractivity contribution is 7.09. The zero-order chi connectivity index (χ0) is 19.4. The van der Waals surface area contributed by atoms with E-state index in [1.54, 1.807) is 11.3 Å². The lowest BCUT2D eigenvalue weighted by Crippen LogP contribution is -2.44. The molecule has 3 atom stereocenters. The summed E-state index contributed by atoms with van der Waals surface area (Å²) in [7, 11) is 1.31. The third kappa shape index (κ3) is 4.89. The second-order valence-corrected chi connectivity index (χ2v) is 7.52. The molecule has 27 heavy (non-hydrogen) atoms. The van der Waals surface area contributed by atoms with E-state index in [1.807, 2.05) is 12.3 Å². The molecule has 10 heteroatoms. The summed E-state index contributed by atoms with van der Waals surface area (Å²) in [5, 5.41) is 19.0. The molecule has 0 spiro atoms. The van der Waals surface area contributed by atoms with Crippen LogP contribution >= 0.6 is 11.3 Å². The van der Waals surface area contributed by atoms with Gasteiger partial charge in [0.2, 0.25) is 17.7 Å².